The van der Waals surface area contributed by atoms with Gasteiger partial charge in [0.15, 0.2) is 0 Å². The average molecular weight is 242 g/mol. The van der Waals surface area contributed by atoms with Crippen LogP contribution in [0.1, 0.15) is 26.2 Å². The third kappa shape index (κ3) is 2.95. The van der Waals surface area contributed by atoms with E-state index in [9.17, 15) is 0 Å². The molecule has 6 heteroatoms. The Labute approximate surface area is 100 Å². The highest BCUT2D eigenvalue weighted by atomic mass is 35.5. The number of aromatic nitrogens is 3. The number of nitrogen functional groups attached to an aromatic ring is 1. The van der Waals surface area contributed by atoms with Crippen molar-refractivity contribution in [3.63, 3.8) is 0 Å². The molecule has 2 N–H and O–H groups in total. The first-order chi connectivity index (χ1) is 7.69. The molecule has 5 nitrogen and oxygen atoms in total. The standard InChI is InChI=1S/C10H16ClN5/c1-2-5-16(6-7-3-4-7)10-14-8(11)13-9(12)15-10/h7H,2-6H2,1H3,(H2,12,13,14,15). The molecule has 0 aromatic carbocycles. The van der Waals surface area contributed by atoms with Gasteiger partial charge in [0.2, 0.25) is 17.2 Å². The second-order valence-corrected chi connectivity index (χ2v) is 4.49. The van der Waals surface area contributed by atoms with E-state index in [2.05, 4.69) is 26.8 Å². The summed E-state index contributed by atoms with van der Waals surface area (Å²) in [6.07, 6.45) is 3.65. The van der Waals surface area contributed by atoms with Crippen molar-refractivity contribution in [2.75, 3.05) is 23.7 Å². The predicted molar refractivity (Wildman–Crippen MR) is 64.5 cm³/mol. The molecule has 0 bridgehead atoms. The molecule has 0 spiro atoms. The van der Waals surface area contributed by atoms with E-state index in [4.69, 9.17) is 17.3 Å². The quantitative estimate of drug-likeness (QED) is 0.851. The SMILES string of the molecule is CCCN(CC1CC1)c1nc(N)nc(Cl)n1. The fourth-order valence-electron chi connectivity index (χ4n) is 1.65. The molecule has 1 aliphatic rings. The van der Waals surface area contributed by atoms with Crippen LogP contribution in [-0.2, 0) is 0 Å². The number of hydrogen-bond acceptors (Lipinski definition) is 5. The molecule has 1 aliphatic carbocycles. The normalized spacial score (nSPS) is 15.1. The van der Waals surface area contributed by atoms with Crippen molar-refractivity contribution >= 4 is 23.5 Å². The van der Waals surface area contributed by atoms with E-state index < -0.39 is 0 Å². The van der Waals surface area contributed by atoms with Crippen LogP contribution in [0.5, 0.6) is 0 Å². The third-order valence-electron chi connectivity index (χ3n) is 2.57. The van der Waals surface area contributed by atoms with Gasteiger partial charge in [-0.05, 0) is 36.8 Å². The molecule has 1 saturated carbocycles. The van der Waals surface area contributed by atoms with Crippen LogP contribution in [0.4, 0.5) is 11.9 Å². The summed E-state index contributed by atoms with van der Waals surface area (Å²) in [4.78, 5) is 14.2. The van der Waals surface area contributed by atoms with E-state index >= 15 is 0 Å². The smallest absolute Gasteiger partial charge is 0.231 e. The molecule has 0 amide bonds. The zero-order chi connectivity index (χ0) is 11.5. The van der Waals surface area contributed by atoms with Crippen LogP contribution in [0.2, 0.25) is 5.28 Å². The minimum atomic E-state index is 0.166. The maximum absolute atomic E-state index is 5.78. The minimum absolute atomic E-state index is 0.166. The van der Waals surface area contributed by atoms with Crippen molar-refractivity contribution in [2.45, 2.75) is 26.2 Å². The Kier molecular flexibility index (Phi) is 3.43. The Morgan fingerprint density at radius 3 is 2.69 bits per heavy atom. The predicted octanol–water partition coefficient (Wildman–Crippen LogP) is 1.73. The van der Waals surface area contributed by atoms with E-state index in [1.54, 1.807) is 0 Å². The van der Waals surface area contributed by atoms with E-state index in [1.165, 1.54) is 12.8 Å². The molecule has 0 atom stereocenters. The van der Waals surface area contributed by atoms with Crippen LogP contribution >= 0.6 is 11.6 Å². The molecular weight excluding hydrogens is 226 g/mol. The summed E-state index contributed by atoms with van der Waals surface area (Å²) < 4.78 is 0. The third-order valence-corrected chi connectivity index (χ3v) is 2.73. The monoisotopic (exact) mass is 241 g/mol. The summed E-state index contributed by atoms with van der Waals surface area (Å²) in [6, 6.07) is 0. The number of hydrogen-bond donors (Lipinski definition) is 1. The molecule has 2 rings (SSSR count). The molecule has 88 valence electrons. The number of nitrogens with two attached hydrogens (primary N) is 1. The summed E-state index contributed by atoms with van der Waals surface area (Å²) in [5, 5.41) is 0.166. The van der Waals surface area contributed by atoms with Crippen LogP contribution in [0, 0.1) is 5.92 Å². The van der Waals surface area contributed by atoms with Gasteiger partial charge >= 0.3 is 0 Å². The van der Waals surface area contributed by atoms with Crippen molar-refractivity contribution < 1.29 is 0 Å². The molecule has 16 heavy (non-hydrogen) atoms. The van der Waals surface area contributed by atoms with Crippen LogP contribution in [-0.4, -0.2) is 28.0 Å². The molecular formula is C10H16ClN5. The Morgan fingerprint density at radius 1 is 1.38 bits per heavy atom. The molecule has 1 fully saturated rings. The maximum atomic E-state index is 5.78. The van der Waals surface area contributed by atoms with Gasteiger partial charge in [-0.3, -0.25) is 0 Å². The van der Waals surface area contributed by atoms with Crippen molar-refractivity contribution in [3.8, 4) is 0 Å². The van der Waals surface area contributed by atoms with Gasteiger partial charge in [0.05, 0.1) is 0 Å². The Morgan fingerprint density at radius 2 is 2.12 bits per heavy atom. The van der Waals surface area contributed by atoms with Gasteiger partial charge in [0, 0.05) is 13.1 Å². The van der Waals surface area contributed by atoms with Crippen molar-refractivity contribution in [1.29, 1.82) is 0 Å². The summed E-state index contributed by atoms with van der Waals surface area (Å²) in [5.74, 6) is 1.57. The van der Waals surface area contributed by atoms with Crippen molar-refractivity contribution in [3.05, 3.63) is 5.28 Å². The molecule has 0 aliphatic heterocycles. The van der Waals surface area contributed by atoms with Gasteiger partial charge in [0.1, 0.15) is 0 Å². The zero-order valence-corrected chi connectivity index (χ0v) is 10.1. The average Bonchev–Trinajstić information content (AvgIpc) is 2.99. The second-order valence-electron chi connectivity index (χ2n) is 4.15. The van der Waals surface area contributed by atoms with E-state index in [1.807, 2.05) is 0 Å². The lowest BCUT2D eigenvalue weighted by Gasteiger charge is -2.21. The molecule has 1 aromatic heterocycles. The van der Waals surface area contributed by atoms with Gasteiger partial charge in [-0.15, -0.1) is 0 Å². The number of halogens is 1. The highest BCUT2D eigenvalue weighted by Gasteiger charge is 2.25. The Balaban J connectivity index is 2.15. The first-order valence-electron chi connectivity index (χ1n) is 5.61. The Bertz CT molecular complexity index is 346. The summed E-state index contributed by atoms with van der Waals surface area (Å²) in [6.45, 7) is 4.05. The first-order valence-corrected chi connectivity index (χ1v) is 5.99. The van der Waals surface area contributed by atoms with Gasteiger partial charge in [-0.1, -0.05) is 6.92 Å². The summed E-state index contributed by atoms with van der Waals surface area (Å²) in [5.41, 5.74) is 5.57. The van der Waals surface area contributed by atoms with Crippen LogP contribution in [0.3, 0.4) is 0 Å². The largest absolute Gasteiger partial charge is 0.368 e. The number of anilines is 2. The topological polar surface area (TPSA) is 67.9 Å². The van der Waals surface area contributed by atoms with Crippen LogP contribution in [0.15, 0.2) is 0 Å². The highest BCUT2D eigenvalue weighted by Crippen LogP contribution is 2.30. The van der Waals surface area contributed by atoms with Gasteiger partial charge in [0.25, 0.3) is 0 Å². The molecule has 0 radical (unpaired) electrons. The zero-order valence-electron chi connectivity index (χ0n) is 9.36. The summed E-state index contributed by atoms with van der Waals surface area (Å²) in [7, 11) is 0. The van der Waals surface area contributed by atoms with Crippen LogP contribution in [0.25, 0.3) is 0 Å². The fraction of sp³-hybridized carbons (Fsp3) is 0.700. The van der Waals surface area contributed by atoms with Crippen molar-refractivity contribution in [2.24, 2.45) is 5.92 Å². The molecule has 0 unspecified atom stereocenters. The van der Waals surface area contributed by atoms with E-state index in [0.717, 1.165) is 25.4 Å². The lowest BCUT2D eigenvalue weighted by molar-refractivity contribution is 0.686. The van der Waals surface area contributed by atoms with Gasteiger partial charge in [-0.2, -0.15) is 15.0 Å². The number of nitrogens with zero attached hydrogens (tertiary/aromatic N) is 4. The van der Waals surface area contributed by atoms with Crippen LogP contribution < -0.4 is 10.6 Å². The molecule has 1 heterocycles. The minimum Gasteiger partial charge on any atom is -0.368 e. The second kappa shape index (κ2) is 4.82. The van der Waals surface area contributed by atoms with Crippen molar-refractivity contribution in [1.82, 2.24) is 15.0 Å². The number of rotatable bonds is 5. The fourth-order valence-corrected chi connectivity index (χ4v) is 1.81. The van der Waals surface area contributed by atoms with Gasteiger partial charge in [-0.25, -0.2) is 0 Å². The molecule has 1 aromatic rings. The van der Waals surface area contributed by atoms with Gasteiger partial charge < -0.3 is 10.6 Å². The lowest BCUT2D eigenvalue weighted by atomic mass is 10.3. The maximum Gasteiger partial charge on any atom is 0.231 e. The Hall–Kier alpha value is -1.10. The highest BCUT2D eigenvalue weighted by molar-refractivity contribution is 6.28. The summed E-state index contributed by atoms with van der Waals surface area (Å²) >= 11 is 5.78. The lowest BCUT2D eigenvalue weighted by Crippen LogP contribution is -2.28. The first kappa shape index (κ1) is 11.4. The molecule has 0 saturated heterocycles. The van der Waals surface area contributed by atoms with E-state index in [0.29, 0.717) is 5.95 Å². The van der Waals surface area contributed by atoms with E-state index in [-0.39, 0.29) is 11.2 Å².